The van der Waals surface area contributed by atoms with Gasteiger partial charge in [-0.3, -0.25) is 4.55 Å². The lowest BCUT2D eigenvalue weighted by Gasteiger charge is -2.06. The fourth-order valence-corrected chi connectivity index (χ4v) is 1.92. The summed E-state index contributed by atoms with van der Waals surface area (Å²) in [5.41, 5.74) is 0.0824. The van der Waals surface area contributed by atoms with E-state index in [0.717, 1.165) is 13.2 Å². The molecule has 0 aliphatic rings. The number of carbonyl (C=O) groups is 1. The average molecular weight is 268 g/mol. The van der Waals surface area contributed by atoms with Gasteiger partial charge in [0, 0.05) is 0 Å². The number of rotatable bonds is 4. The van der Waals surface area contributed by atoms with Crippen LogP contribution in [0.1, 0.15) is 5.56 Å². The number of esters is 1. The van der Waals surface area contributed by atoms with Gasteiger partial charge in [-0.2, -0.15) is 8.42 Å². The van der Waals surface area contributed by atoms with Gasteiger partial charge in [-0.15, -0.1) is 0 Å². The second-order valence-electron chi connectivity index (χ2n) is 3.36. The highest BCUT2D eigenvalue weighted by Crippen LogP contribution is 2.19. The summed E-state index contributed by atoms with van der Waals surface area (Å²) in [6.07, 6.45) is 1.15. The SMILES string of the molecule is C=C(C(=O)OC)C(=Cc1ccccc1)S(=O)(=O)O. The predicted molar refractivity (Wildman–Crippen MR) is 67.1 cm³/mol. The van der Waals surface area contributed by atoms with E-state index in [4.69, 9.17) is 4.55 Å². The lowest BCUT2D eigenvalue weighted by molar-refractivity contribution is -0.135. The third-order valence-corrected chi connectivity index (χ3v) is 3.02. The summed E-state index contributed by atoms with van der Waals surface area (Å²) in [6, 6.07) is 8.37. The van der Waals surface area contributed by atoms with Crippen molar-refractivity contribution in [2.75, 3.05) is 7.11 Å². The number of ether oxygens (including phenoxy) is 1. The van der Waals surface area contributed by atoms with Crippen LogP contribution in [0.3, 0.4) is 0 Å². The monoisotopic (exact) mass is 268 g/mol. The van der Waals surface area contributed by atoms with Crippen molar-refractivity contribution in [1.29, 1.82) is 0 Å². The van der Waals surface area contributed by atoms with Crippen LogP contribution in [0.2, 0.25) is 0 Å². The van der Waals surface area contributed by atoms with Gasteiger partial charge in [-0.05, 0) is 11.6 Å². The average Bonchev–Trinajstić information content (AvgIpc) is 2.34. The Bertz CT molecular complexity index is 584. The number of carbonyl (C=O) groups excluding carboxylic acids is 1. The summed E-state index contributed by atoms with van der Waals surface area (Å²) in [7, 11) is -3.46. The molecular weight excluding hydrogens is 256 g/mol. The standard InChI is InChI=1S/C12H12O5S/c1-9(12(13)17-2)11(18(14,15)16)8-10-6-4-3-5-7-10/h3-8H,1H2,2H3,(H,14,15,16). The molecule has 1 aromatic rings. The molecule has 0 amide bonds. The van der Waals surface area contributed by atoms with Crippen LogP contribution in [0, 0.1) is 0 Å². The van der Waals surface area contributed by atoms with Crippen LogP contribution in [0.4, 0.5) is 0 Å². The summed E-state index contributed by atoms with van der Waals surface area (Å²) < 4.78 is 35.9. The van der Waals surface area contributed by atoms with E-state index in [1.54, 1.807) is 30.3 Å². The number of hydrogen-bond acceptors (Lipinski definition) is 4. The second-order valence-corrected chi connectivity index (χ2v) is 4.75. The normalized spacial score (nSPS) is 12.0. The van der Waals surface area contributed by atoms with E-state index in [1.165, 1.54) is 0 Å². The van der Waals surface area contributed by atoms with E-state index in [2.05, 4.69) is 11.3 Å². The third kappa shape index (κ3) is 3.54. The summed E-state index contributed by atoms with van der Waals surface area (Å²) in [5, 5.41) is 0. The first-order chi connectivity index (χ1) is 8.36. The molecular formula is C12H12O5S. The highest BCUT2D eigenvalue weighted by Gasteiger charge is 2.23. The maximum Gasteiger partial charge on any atom is 0.338 e. The van der Waals surface area contributed by atoms with Crippen LogP contribution in [0.25, 0.3) is 6.08 Å². The van der Waals surface area contributed by atoms with E-state index in [0.29, 0.717) is 5.56 Å². The molecule has 0 spiro atoms. The first-order valence-corrected chi connectivity index (χ1v) is 6.32. The van der Waals surface area contributed by atoms with Gasteiger partial charge < -0.3 is 4.74 Å². The molecule has 0 atom stereocenters. The Morgan fingerprint density at radius 3 is 2.33 bits per heavy atom. The molecule has 0 fully saturated rings. The summed E-state index contributed by atoms with van der Waals surface area (Å²) in [5.74, 6) is -0.921. The van der Waals surface area contributed by atoms with Crippen LogP contribution < -0.4 is 0 Å². The molecule has 0 heterocycles. The van der Waals surface area contributed by atoms with Crippen molar-refractivity contribution in [3.63, 3.8) is 0 Å². The smallest absolute Gasteiger partial charge is 0.338 e. The van der Waals surface area contributed by atoms with Crippen molar-refractivity contribution in [3.05, 3.63) is 53.0 Å². The molecule has 0 aliphatic heterocycles. The first kappa shape index (κ1) is 14.1. The summed E-state index contributed by atoms with van der Waals surface area (Å²) in [6.45, 7) is 3.31. The maximum absolute atomic E-state index is 11.3. The van der Waals surface area contributed by atoms with Crippen molar-refractivity contribution < 1.29 is 22.5 Å². The molecule has 0 aliphatic carbocycles. The van der Waals surface area contributed by atoms with E-state index in [1.807, 2.05) is 0 Å². The van der Waals surface area contributed by atoms with Gasteiger partial charge in [0.15, 0.2) is 0 Å². The van der Waals surface area contributed by atoms with Crippen molar-refractivity contribution in [2.45, 2.75) is 0 Å². The number of benzene rings is 1. The molecule has 5 nitrogen and oxygen atoms in total. The quantitative estimate of drug-likeness (QED) is 0.388. The summed E-state index contributed by atoms with van der Waals surface area (Å²) in [4.78, 5) is 10.7. The Morgan fingerprint density at radius 1 is 1.33 bits per heavy atom. The van der Waals surface area contributed by atoms with E-state index < -0.39 is 26.6 Å². The van der Waals surface area contributed by atoms with Crippen LogP contribution in [-0.2, 0) is 19.6 Å². The van der Waals surface area contributed by atoms with Crippen molar-refractivity contribution in [3.8, 4) is 0 Å². The summed E-state index contributed by atoms with van der Waals surface area (Å²) >= 11 is 0. The predicted octanol–water partition coefficient (Wildman–Crippen LogP) is 1.64. The Balaban J connectivity index is 3.29. The minimum Gasteiger partial charge on any atom is -0.465 e. The lowest BCUT2D eigenvalue weighted by Crippen LogP contribution is -2.12. The number of methoxy groups -OCH3 is 1. The van der Waals surface area contributed by atoms with Gasteiger partial charge in [-0.1, -0.05) is 36.9 Å². The zero-order chi connectivity index (χ0) is 13.8. The maximum atomic E-state index is 11.3. The largest absolute Gasteiger partial charge is 0.465 e. The molecule has 6 heteroatoms. The van der Waals surface area contributed by atoms with E-state index in [9.17, 15) is 13.2 Å². The molecule has 1 rings (SSSR count). The van der Waals surface area contributed by atoms with Gasteiger partial charge >= 0.3 is 5.97 Å². The minimum atomic E-state index is -4.56. The minimum absolute atomic E-state index is 0.427. The molecule has 0 saturated heterocycles. The molecule has 1 aromatic carbocycles. The van der Waals surface area contributed by atoms with Crippen LogP contribution >= 0.6 is 0 Å². The Hall–Kier alpha value is -1.92. The molecule has 0 aromatic heterocycles. The van der Waals surface area contributed by atoms with E-state index in [-0.39, 0.29) is 0 Å². The molecule has 1 N–H and O–H groups in total. The van der Waals surface area contributed by atoms with Gasteiger partial charge in [0.2, 0.25) is 0 Å². The zero-order valence-electron chi connectivity index (χ0n) is 9.66. The molecule has 96 valence electrons. The Labute approximate surface area is 105 Å². The topological polar surface area (TPSA) is 80.7 Å². The van der Waals surface area contributed by atoms with Crippen LogP contribution in [0.15, 0.2) is 47.4 Å². The fraction of sp³-hybridized carbons (Fsp3) is 0.0833. The van der Waals surface area contributed by atoms with Gasteiger partial charge in [0.05, 0.1) is 12.7 Å². The second kappa shape index (κ2) is 5.61. The van der Waals surface area contributed by atoms with Crippen LogP contribution in [-0.4, -0.2) is 26.0 Å². The van der Waals surface area contributed by atoms with Gasteiger partial charge in [0.1, 0.15) is 4.91 Å². The molecule has 0 saturated carbocycles. The van der Waals surface area contributed by atoms with Gasteiger partial charge in [-0.25, -0.2) is 4.79 Å². The Morgan fingerprint density at radius 2 is 1.89 bits per heavy atom. The lowest BCUT2D eigenvalue weighted by atomic mass is 10.2. The third-order valence-electron chi connectivity index (χ3n) is 2.10. The molecule has 0 bridgehead atoms. The van der Waals surface area contributed by atoms with Gasteiger partial charge in [0.25, 0.3) is 10.1 Å². The highest BCUT2D eigenvalue weighted by molar-refractivity contribution is 7.90. The zero-order valence-corrected chi connectivity index (χ0v) is 10.5. The van der Waals surface area contributed by atoms with E-state index >= 15 is 0 Å². The Kier molecular flexibility index (Phi) is 4.41. The van der Waals surface area contributed by atoms with Crippen LogP contribution in [0.5, 0.6) is 0 Å². The van der Waals surface area contributed by atoms with Crippen molar-refractivity contribution >= 4 is 22.2 Å². The first-order valence-electron chi connectivity index (χ1n) is 4.88. The molecule has 0 unspecified atom stereocenters. The highest BCUT2D eigenvalue weighted by atomic mass is 32.2. The van der Waals surface area contributed by atoms with Crippen molar-refractivity contribution in [1.82, 2.24) is 0 Å². The fourth-order valence-electron chi connectivity index (χ4n) is 1.24. The number of hydrogen-bond donors (Lipinski definition) is 1. The van der Waals surface area contributed by atoms with Crippen molar-refractivity contribution in [2.24, 2.45) is 0 Å². The molecule has 18 heavy (non-hydrogen) atoms. The molecule has 0 radical (unpaired) electrons.